The van der Waals surface area contributed by atoms with Gasteiger partial charge in [0.15, 0.2) is 0 Å². The van der Waals surface area contributed by atoms with Crippen LogP contribution in [-0.4, -0.2) is 0 Å². The molecule has 2 heteroatoms. The topological polar surface area (TPSA) is 6.48 Å². The van der Waals surface area contributed by atoms with E-state index in [9.17, 15) is 0 Å². The van der Waals surface area contributed by atoms with E-state index in [-0.39, 0.29) is 0 Å². The highest BCUT2D eigenvalue weighted by Crippen LogP contribution is 2.42. The van der Waals surface area contributed by atoms with Crippen molar-refractivity contribution in [1.82, 2.24) is 0 Å². The van der Waals surface area contributed by atoms with Crippen molar-refractivity contribution in [2.24, 2.45) is 0 Å². The molecule has 0 fully saturated rings. The molecule has 0 radical (unpaired) electrons. The van der Waals surface area contributed by atoms with E-state index in [0.29, 0.717) is 0 Å². The number of benzene rings is 5. The van der Waals surface area contributed by atoms with Crippen molar-refractivity contribution >= 4 is 22.7 Å². The van der Waals surface area contributed by atoms with Gasteiger partial charge in [0.1, 0.15) is 0 Å². The molecule has 5 aromatic carbocycles. The van der Waals surface area contributed by atoms with E-state index >= 15 is 0 Å². The number of hydrogen-bond acceptors (Lipinski definition) is 2. The lowest BCUT2D eigenvalue weighted by Crippen LogP contribution is -2.35. The molecule has 2 nitrogen and oxygen atoms in total. The molecule has 5 aromatic rings. The standard InChI is InChI=1S/C33H28N2/c1-24-12-16-29(17-13-24)34(30-18-14-25(2)15-19-30)35(28-9-4-3-5-10-28)31-20-21-33-27(23-31)22-26-8-6-7-11-32(26)33/h3-21,23H,22H2,1-2H3. The highest BCUT2D eigenvalue weighted by molar-refractivity contribution is 5.83. The van der Waals surface area contributed by atoms with Gasteiger partial charge in [-0.25, -0.2) is 10.0 Å². The maximum absolute atomic E-state index is 2.36. The van der Waals surface area contributed by atoms with Gasteiger partial charge < -0.3 is 0 Å². The summed E-state index contributed by atoms with van der Waals surface area (Å²) in [6.07, 6.45) is 0.969. The number of hydrazine groups is 1. The van der Waals surface area contributed by atoms with Gasteiger partial charge in [-0.05, 0) is 91.1 Å². The van der Waals surface area contributed by atoms with Gasteiger partial charge in [0.2, 0.25) is 0 Å². The van der Waals surface area contributed by atoms with E-state index < -0.39 is 0 Å². The van der Waals surface area contributed by atoms with Gasteiger partial charge in [-0.3, -0.25) is 0 Å². The van der Waals surface area contributed by atoms with Gasteiger partial charge in [-0.2, -0.15) is 0 Å². The monoisotopic (exact) mass is 452 g/mol. The Morgan fingerprint density at radius 3 is 1.57 bits per heavy atom. The van der Waals surface area contributed by atoms with Crippen LogP contribution < -0.4 is 10.0 Å². The van der Waals surface area contributed by atoms with Crippen molar-refractivity contribution in [3.63, 3.8) is 0 Å². The molecular formula is C33H28N2. The highest BCUT2D eigenvalue weighted by Gasteiger charge is 2.24. The second kappa shape index (κ2) is 8.81. The normalized spacial score (nSPS) is 11.6. The predicted octanol–water partition coefficient (Wildman–Crippen LogP) is 8.77. The Morgan fingerprint density at radius 1 is 0.429 bits per heavy atom. The first-order valence-electron chi connectivity index (χ1n) is 12.2. The van der Waals surface area contributed by atoms with E-state index in [4.69, 9.17) is 0 Å². The van der Waals surface area contributed by atoms with Crippen molar-refractivity contribution < 1.29 is 0 Å². The van der Waals surface area contributed by atoms with E-state index in [2.05, 4.69) is 145 Å². The van der Waals surface area contributed by atoms with Gasteiger partial charge in [-0.1, -0.05) is 83.9 Å². The van der Waals surface area contributed by atoms with Gasteiger partial charge in [0.25, 0.3) is 0 Å². The minimum atomic E-state index is 0.969. The van der Waals surface area contributed by atoms with E-state index in [1.165, 1.54) is 33.4 Å². The second-order valence-corrected chi connectivity index (χ2v) is 9.31. The summed E-state index contributed by atoms with van der Waals surface area (Å²) in [5.41, 5.74) is 12.5. The summed E-state index contributed by atoms with van der Waals surface area (Å²) in [5.74, 6) is 0. The fourth-order valence-corrected chi connectivity index (χ4v) is 4.96. The molecule has 0 heterocycles. The SMILES string of the molecule is Cc1ccc(N(c2ccc(C)cc2)N(c2ccccc2)c2ccc3c(c2)Cc2ccccc2-3)cc1. The molecule has 0 atom stereocenters. The average Bonchev–Trinajstić information content (AvgIpc) is 3.27. The van der Waals surface area contributed by atoms with Crippen molar-refractivity contribution in [2.45, 2.75) is 20.3 Å². The van der Waals surface area contributed by atoms with Crippen LogP contribution in [-0.2, 0) is 6.42 Å². The zero-order valence-electron chi connectivity index (χ0n) is 20.1. The third-order valence-electron chi connectivity index (χ3n) is 6.78. The number of hydrogen-bond donors (Lipinski definition) is 0. The zero-order chi connectivity index (χ0) is 23.8. The summed E-state index contributed by atoms with van der Waals surface area (Å²) in [6.45, 7) is 4.26. The van der Waals surface area contributed by atoms with Crippen LogP contribution in [0, 0.1) is 13.8 Å². The molecule has 35 heavy (non-hydrogen) atoms. The molecule has 0 bridgehead atoms. The molecule has 0 aromatic heterocycles. The maximum Gasteiger partial charge on any atom is 0.0640 e. The first-order valence-corrected chi connectivity index (χ1v) is 12.2. The van der Waals surface area contributed by atoms with Crippen LogP contribution in [0.5, 0.6) is 0 Å². The number of rotatable bonds is 5. The maximum atomic E-state index is 2.36. The first-order chi connectivity index (χ1) is 17.2. The lowest BCUT2D eigenvalue weighted by Gasteiger charge is -2.38. The molecule has 170 valence electrons. The quantitative estimate of drug-likeness (QED) is 0.241. The lowest BCUT2D eigenvalue weighted by atomic mass is 10.1. The molecule has 0 unspecified atom stereocenters. The number of aryl methyl sites for hydroxylation is 2. The summed E-state index contributed by atoms with van der Waals surface area (Å²) in [7, 11) is 0. The molecule has 0 amide bonds. The fourth-order valence-electron chi connectivity index (χ4n) is 4.96. The second-order valence-electron chi connectivity index (χ2n) is 9.31. The Morgan fingerprint density at radius 2 is 0.914 bits per heavy atom. The largest absolute Gasteiger partial charge is 0.249 e. The Labute approximate surface area is 207 Å². The van der Waals surface area contributed by atoms with Crippen LogP contribution in [0.3, 0.4) is 0 Å². The first kappa shape index (κ1) is 21.2. The number of fused-ring (bicyclic) bond motifs is 3. The molecule has 0 N–H and O–H groups in total. The summed E-state index contributed by atoms with van der Waals surface area (Å²) >= 11 is 0. The number of para-hydroxylation sites is 1. The van der Waals surface area contributed by atoms with Crippen LogP contribution >= 0.6 is 0 Å². The van der Waals surface area contributed by atoms with Crippen LogP contribution in [0.4, 0.5) is 22.7 Å². The Hall–Kier alpha value is -4.30. The van der Waals surface area contributed by atoms with Crippen molar-refractivity contribution in [3.8, 4) is 11.1 Å². The molecule has 0 aliphatic heterocycles. The Balaban J connectivity index is 1.54. The predicted molar refractivity (Wildman–Crippen MR) is 148 cm³/mol. The molecule has 1 aliphatic carbocycles. The summed E-state index contributed by atoms with van der Waals surface area (Å²) in [4.78, 5) is 0. The zero-order valence-corrected chi connectivity index (χ0v) is 20.1. The van der Waals surface area contributed by atoms with Gasteiger partial charge in [0.05, 0.1) is 22.7 Å². The average molecular weight is 453 g/mol. The third-order valence-corrected chi connectivity index (χ3v) is 6.78. The lowest BCUT2D eigenvalue weighted by molar-refractivity contribution is 0.986. The molecule has 1 aliphatic rings. The van der Waals surface area contributed by atoms with Crippen LogP contribution in [0.25, 0.3) is 11.1 Å². The summed E-state index contributed by atoms with van der Waals surface area (Å²) in [6, 6.07) is 43.8. The number of anilines is 4. The molecule has 0 saturated carbocycles. The van der Waals surface area contributed by atoms with Crippen molar-refractivity contribution in [3.05, 3.63) is 144 Å². The van der Waals surface area contributed by atoms with E-state index in [1.54, 1.807) is 0 Å². The van der Waals surface area contributed by atoms with Gasteiger partial charge in [-0.15, -0.1) is 0 Å². The number of nitrogens with zero attached hydrogens (tertiary/aromatic N) is 2. The minimum absolute atomic E-state index is 0.969. The van der Waals surface area contributed by atoms with Gasteiger partial charge in [0, 0.05) is 0 Å². The molecule has 6 rings (SSSR count). The molecule has 0 saturated heterocycles. The Bertz CT molecular complexity index is 1420. The van der Waals surface area contributed by atoms with Crippen molar-refractivity contribution in [1.29, 1.82) is 0 Å². The van der Waals surface area contributed by atoms with Crippen LogP contribution in [0.1, 0.15) is 22.3 Å². The fraction of sp³-hybridized carbons (Fsp3) is 0.0909. The van der Waals surface area contributed by atoms with Gasteiger partial charge >= 0.3 is 0 Å². The molecular weight excluding hydrogens is 424 g/mol. The van der Waals surface area contributed by atoms with Crippen LogP contribution in [0.2, 0.25) is 0 Å². The highest BCUT2D eigenvalue weighted by atomic mass is 15.6. The van der Waals surface area contributed by atoms with Crippen molar-refractivity contribution in [2.75, 3.05) is 10.0 Å². The smallest absolute Gasteiger partial charge is 0.0640 e. The summed E-state index contributed by atoms with van der Waals surface area (Å²) in [5, 5.41) is 4.65. The van der Waals surface area contributed by atoms with Crippen LogP contribution in [0.15, 0.2) is 121 Å². The Kier molecular flexibility index (Phi) is 5.35. The van der Waals surface area contributed by atoms with E-state index in [1.807, 2.05) is 0 Å². The van der Waals surface area contributed by atoms with E-state index in [0.717, 1.165) is 29.2 Å². The summed E-state index contributed by atoms with van der Waals surface area (Å²) < 4.78 is 0. The molecule has 0 spiro atoms. The minimum Gasteiger partial charge on any atom is -0.249 e. The third kappa shape index (κ3) is 3.98.